The van der Waals surface area contributed by atoms with Crippen molar-refractivity contribution in [2.24, 2.45) is 11.8 Å². The molecule has 3 aromatic rings. The first-order chi connectivity index (χ1) is 16.2. The molecule has 2 aromatic carbocycles. The van der Waals surface area contributed by atoms with Gasteiger partial charge in [0.2, 0.25) is 5.82 Å². The molecule has 5 heteroatoms. The van der Waals surface area contributed by atoms with Gasteiger partial charge in [0.25, 0.3) is 5.89 Å². The quantitative estimate of drug-likeness (QED) is 0.363. The Morgan fingerprint density at radius 3 is 2.21 bits per heavy atom. The summed E-state index contributed by atoms with van der Waals surface area (Å²) in [7, 11) is 4.35. The van der Waals surface area contributed by atoms with E-state index in [0.717, 1.165) is 10.6 Å². The van der Waals surface area contributed by atoms with E-state index in [-0.39, 0.29) is 5.41 Å². The molecule has 1 saturated carbocycles. The van der Waals surface area contributed by atoms with Crippen LogP contribution in [0.3, 0.4) is 0 Å². The summed E-state index contributed by atoms with van der Waals surface area (Å²) in [6.45, 7) is 6.64. The maximum Gasteiger partial charge on any atom is 0.250 e. The third kappa shape index (κ3) is 5.97. The smallest absolute Gasteiger partial charge is 0.250 e. The zero-order valence-corrected chi connectivity index (χ0v) is 21.7. The van der Waals surface area contributed by atoms with Crippen LogP contribution in [0.25, 0.3) is 17.5 Å². The molecule has 1 aliphatic carbocycles. The van der Waals surface area contributed by atoms with Gasteiger partial charge in [0.1, 0.15) is 0 Å². The summed E-state index contributed by atoms with van der Waals surface area (Å²) >= 11 is 6.11. The third-order valence-corrected chi connectivity index (χ3v) is 7.24. The third-order valence-electron chi connectivity index (χ3n) is 6.99. The highest BCUT2D eigenvalue weighted by Crippen LogP contribution is 2.40. The van der Waals surface area contributed by atoms with Gasteiger partial charge in [-0.15, -0.1) is 0 Å². The first kappa shape index (κ1) is 24.7. The van der Waals surface area contributed by atoms with Crippen molar-refractivity contribution in [3.63, 3.8) is 0 Å². The minimum atomic E-state index is 0.129. The van der Waals surface area contributed by atoms with Gasteiger partial charge >= 0.3 is 0 Å². The summed E-state index contributed by atoms with van der Waals surface area (Å²) in [6, 6.07) is 17.2. The number of benzene rings is 2. The van der Waals surface area contributed by atoms with Crippen LogP contribution < -0.4 is 0 Å². The van der Waals surface area contributed by atoms with Crippen molar-refractivity contribution in [1.29, 1.82) is 0 Å². The highest BCUT2D eigenvalue weighted by atomic mass is 35.5. The largest absolute Gasteiger partial charge is 0.334 e. The van der Waals surface area contributed by atoms with Crippen LogP contribution in [0.2, 0.25) is 5.02 Å². The van der Waals surface area contributed by atoms with Gasteiger partial charge in [-0.1, -0.05) is 80.0 Å². The van der Waals surface area contributed by atoms with Gasteiger partial charge < -0.3 is 9.42 Å². The van der Waals surface area contributed by atoms with Crippen LogP contribution >= 0.6 is 11.6 Å². The Labute approximate surface area is 209 Å². The number of halogens is 1. The van der Waals surface area contributed by atoms with E-state index in [1.54, 1.807) is 0 Å². The maximum absolute atomic E-state index is 6.11. The van der Waals surface area contributed by atoms with E-state index in [4.69, 9.17) is 16.1 Å². The Hall–Kier alpha value is -2.43. The van der Waals surface area contributed by atoms with Crippen molar-refractivity contribution in [3.8, 4) is 11.4 Å². The number of aromatic nitrogens is 2. The summed E-state index contributed by atoms with van der Waals surface area (Å²) in [5, 5.41) is 4.98. The molecule has 0 amide bonds. The van der Waals surface area contributed by atoms with Crippen molar-refractivity contribution in [3.05, 3.63) is 76.6 Å². The molecule has 4 rings (SSSR count). The second-order valence-electron chi connectivity index (χ2n) is 10.8. The van der Waals surface area contributed by atoms with E-state index in [9.17, 15) is 0 Å². The normalized spacial score (nSPS) is 20.2. The Bertz CT molecular complexity index is 1090. The fourth-order valence-corrected chi connectivity index (χ4v) is 5.19. The summed E-state index contributed by atoms with van der Waals surface area (Å²) < 4.78 is 5.50. The SMILES string of the molecule is CN(C)C(c1ccc(Cl)cc1)C1CCC(/C=C/c2nc(-c3ccc(C(C)(C)C)cc3)no2)CC1. The average molecular weight is 478 g/mol. The number of rotatable bonds is 6. The Morgan fingerprint density at radius 2 is 1.62 bits per heavy atom. The number of allylic oxidation sites excluding steroid dienone is 1. The van der Waals surface area contributed by atoms with Crippen LogP contribution in [0.15, 0.2) is 59.1 Å². The van der Waals surface area contributed by atoms with Crippen molar-refractivity contribution in [1.82, 2.24) is 15.0 Å². The first-order valence-corrected chi connectivity index (χ1v) is 12.6. The van der Waals surface area contributed by atoms with Crippen LogP contribution in [0, 0.1) is 11.8 Å². The molecule has 0 aliphatic heterocycles. The summed E-state index contributed by atoms with van der Waals surface area (Å²) in [5.41, 5.74) is 3.75. The molecule has 0 radical (unpaired) electrons. The monoisotopic (exact) mass is 477 g/mol. The molecule has 1 atom stereocenters. The van der Waals surface area contributed by atoms with E-state index < -0.39 is 0 Å². The highest BCUT2D eigenvalue weighted by molar-refractivity contribution is 6.30. The molecular weight excluding hydrogens is 442 g/mol. The molecule has 0 spiro atoms. The molecule has 0 bridgehead atoms. The van der Waals surface area contributed by atoms with Crippen LogP contribution in [0.1, 0.15) is 69.5 Å². The summed E-state index contributed by atoms with van der Waals surface area (Å²) in [4.78, 5) is 6.93. The van der Waals surface area contributed by atoms with Crippen molar-refractivity contribution < 1.29 is 4.52 Å². The number of nitrogens with zero attached hydrogens (tertiary/aromatic N) is 3. The highest BCUT2D eigenvalue weighted by Gasteiger charge is 2.29. The van der Waals surface area contributed by atoms with Gasteiger partial charge in [-0.05, 0) is 86.4 Å². The Balaban J connectivity index is 1.35. The minimum Gasteiger partial charge on any atom is -0.334 e. The van der Waals surface area contributed by atoms with E-state index >= 15 is 0 Å². The van der Waals surface area contributed by atoms with Crippen LogP contribution in [-0.4, -0.2) is 29.1 Å². The first-order valence-electron chi connectivity index (χ1n) is 12.3. The lowest BCUT2D eigenvalue weighted by atomic mass is 9.76. The molecule has 4 nitrogen and oxygen atoms in total. The van der Waals surface area contributed by atoms with Gasteiger partial charge in [-0.25, -0.2) is 0 Å². The lowest BCUT2D eigenvalue weighted by molar-refractivity contribution is 0.159. The molecule has 0 N–H and O–H groups in total. The Morgan fingerprint density at radius 1 is 0.971 bits per heavy atom. The molecule has 1 heterocycles. The fraction of sp³-hybridized carbons (Fsp3) is 0.448. The molecule has 180 valence electrons. The molecule has 1 aromatic heterocycles. The second kappa shape index (κ2) is 10.5. The minimum absolute atomic E-state index is 0.129. The lowest BCUT2D eigenvalue weighted by Crippen LogP contribution is -2.30. The second-order valence-corrected chi connectivity index (χ2v) is 11.2. The van der Waals surface area contributed by atoms with E-state index in [1.807, 2.05) is 18.2 Å². The summed E-state index contributed by atoms with van der Waals surface area (Å²) in [6.07, 6.45) is 9.00. The molecule has 1 aliphatic rings. The molecular formula is C29H36ClN3O. The van der Waals surface area contributed by atoms with Gasteiger partial charge in [0, 0.05) is 16.6 Å². The van der Waals surface area contributed by atoms with E-state index in [2.05, 4.69) is 92.4 Å². The zero-order valence-electron chi connectivity index (χ0n) is 21.0. The number of hydrogen-bond donors (Lipinski definition) is 0. The van der Waals surface area contributed by atoms with Crippen molar-refractivity contribution >= 4 is 17.7 Å². The van der Waals surface area contributed by atoms with Crippen LogP contribution in [-0.2, 0) is 5.41 Å². The zero-order chi connectivity index (χ0) is 24.3. The fourth-order valence-electron chi connectivity index (χ4n) is 5.06. The summed E-state index contributed by atoms with van der Waals surface area (Å²) in [5.74, 6) is 2.41. The topological polar surface area (TPSA) is 42.2 Å². The average Bonchev–Trinajstić information content (AvgIpc) is 3.28. The molecule has 0 saturated heterocycles. The standard InChI is InChI=1S/C29H36ClN3O/c1-29(2,3)24-15-11-23(12-16-24)28-31-26(34-32-28)19-8-20-6-9-21(10-7-20)27(33(4)5)22-13-17-25(30)18-14-22/h8,11-21,27H,6-7,9-10H2,1-5H3/b19-8+. The van der Waals surface area contributed by atoms with Gasteiger partial charge in [-0.3, -0.25) is 0 Å². The molecule has 1 fully saturated rings. The lowest BCUT2D eigenvalue weighted by Gasteiger charge is -2.37. The van der Waals surface area contributed by atoms with Crippen LogP contribution in [0.5, 0.6) is 0 Å². The van der Waals surface area contributed by atoms with Crippen LogP contribution in [0.4, 0.5) is 0 Å². The predicted molar refractivity (Wildman–Crippen MR) is 141 cm³/mol. The van der Waals surface area contributed by atoms with Gasteiger partial charge in [0.05, 0.1) is 0 Å². The van der Waals surface area contributed by atoms with E-state index in [1.165, 1.54) is 36.8 Å². The van der Waals surface area contributed by atoms with Crippen molar-refractivity contribution in [2.45, 2.75) is 57.9 Å². The molecule has 1 unspecified atom stereocenters. The predicted octanol–water partition coefficient (Wildman–Crippen LogP) is 7.81. The maximum atomic E-state index is 6.11. The van der Waals surface area contributed by atoms with E-state index in [0.29, 0.717) is 29.6 Å². The van der Waals surface area contributed by atoms with Gasteiger partial charge in [-0.2, -0.15) is 4.98 Å². The Kier molecular flexibility index (Phi) is 7.59. The van der Waals surface area contributed by atoms with Crippen molar-refractivity contribution in [2.75, 3.05) is 14.1 Å². The molecule has 34 heavy (non-hydrogen) atoms. The van der Waals surface area contributed by atoms with Gasteiger partial charge in [0.15, 0.2) is 0 Å². The number of hydrogen-bond acceptors (Lipinski definition) is 4.